The molecule has 3 rings (SSSR count). The van der Waals surface area contributed by atoms with Crippen LogP contribution in [-0.2, 0) is 30.6 Å². The van der Waals surface area contributed by atoms with Gasteiger partial charge in [-0.2, -0.15) is 0 Å². The van der Waals surface area contributed by atoms with Crippen molar-refractivity contribution in [3.63, 3.8) is 0 Å². The molecule has 1 aromatic carbocycles. The van der Waals surface area contributed by atoms with E-state index in [-0.39, 0.29) is 0 Å². The van der Waals surface area contributed by atoms with Crippen LogP contribution in [0.4, 0.5) is 5.82 Å². The molecule has 0 saturated heterocycles. The van der Waals surface area contributed by atoms with E-state index in [0.29, 0.717) is 6.61 Å². The van der Waals surface area contributed by atoms with Gasteiger partial charge in [0, 0.05) is 24.9 Å². The molecular weight excluding hydrogens is 262 g/mol. The van der Waals surface area contributed by atoms with Crippen LogP contribution in [0, 0.1) is 0 Å². The molecule has 0 atom stereocenters. The Hall–Kier alpha value is -1.94. The number of hydrogen-bond acceptors (Lipinski definition) is 4. The monoisotopic (exact) mass is 283 g/mol. The summed E-state index contributed by atoms with van der Waals surface area (Å²) in [6, 6.07) is 10.5. The molecule has 0 unspecified atom stereocenters. The molecule has 2 heterocycles. The second-order valence-corrected chi connectivity index (χ2v) is 5.23. The van der Waals surface area contributed by atoms with Crippen molar-refractivity contribution >= 4 is 5.82 Å². The average Bonchev–Trinajstić information content (AvgIpc) is 2.54. The van der Waals surface area contributed by atoms with E-state index in [4.69, 9.17) is 9.72 Å². The Kier molecular flexibility index (Phi) is 4.46. The zero-order chi connectivity index (χ0) is 14.5. The van der Waals surface area contributed by atoms with Gasteiger partial charge in [0.15, 0.2) is 0 Å². The quantitative estimate of drug-likeness (QED) is 0.916. The normalized spacial score (nSPS) is 13.8. The Labute approximate surface area is 125 Å². The summed E-state index contributed by atoms with van der Waals surface area (Å²) >= 11 is 0. The first-order valence-electron chi connectivity index (χ1n) is 7.61. The minimum atomic E-state index is 0.622. The molecule has 1 aromatic heterocycles. The molecule has 0 amide bonds. The summed E-state index contributed by atoms with van der Waals surface area (Å²) in [6.45, 7) is 4.33. The molecule has 2 aromatic rings. The Morgan fingerprint density at radius 3 is 2.81 bits per heavy atom. The van der Waals surface area contributed by atoms with E-state index in [2.05, 4.69) is 41.5 Å². The topological polar surface area (TPSA) is 47.0 Å². The van der Waals surface area contributed by atoms with E-state index in [9.17, 15) is 0 Å². The third-order valence-electron chi connectivity index (χ3n) is 3.69. The smallest absolute Gasteiger partial charge is 0.135 e. The van der Waals surface area contributed by atoms with Gasteiger partial charge in [0.1, 0.15) is 11.6 Å². The van der Waals surface area contributed by atoms with Crippen LogP contribution < -0.4 is 5.32 Å². The summed E-state index contributed by atoms with van der Waals surface area (Å²) < 4.78 is 5.53. The summed E-state index contributed by atoms with van der Waals surface area (Å²) in [6.07, 6.45) is 2.73. The van der Waals surface area contributed by atoms with Crippen LogP contribution in [-0.4, -0.2) is 23.1 Å². The molecule has 0 saturated carbocycles. The van der Waals surface area contributed by atoms with E-state index in [1.165, 1.54) is 5.56 Å². The molecule has 1 aliphatic heterocycles. The third-order valence-corrected chi connectivity index (χ3v) is 3.69. The Bertz CT molecular complexity index is 598. The van der Waals surface area contributed by atoms with Gasteiger partial charge in [0.2, 0.25) is 0 Å². The average molecular weight is 283 g/mol. The van der Waals surface area contributed by atoms with Gasteiger partial charge >= 0.3 is 0 Å². The minimum Gasteiger partial charge on any atom is -0.376 e. The van der Waals surface area contributed by atoms with Crippen molar-refractivity contribution in [3.05, 3.63) is 53.0 Å². The first-order valence-corrected chi connectivity index (χ1v) is 7.61. The van der Waals surface area contributed by atoms with Crippen LogP contribution in [0.5, 0.6) is 0 Å². The molecule has 1 N–H and O–H groups in total. The number of aromatic nitrogens is 2. The molecule has 110 valence electrons. The number of ether oxygens (including phenoxy) is 1. The van der Waals surface area contributed by atoms with Crippen molar-refractivity contribution in [1.82, 2.24) is 9.97 Å². The van der Waals surface area contributed by atoms with Crippen molar-refractivity contribution in [2.45, 2.75) is 32.8 Å². The first kappa shape index (κ1) is 14.0. The van der Waals surface area contributed by atoms with Gasteiger partial charge in [-0.25, -0.2) is 9.97 Å². The molecular formula is C17H21N3O. The number of rotatable bonds is 5. The van der Waals surface area contributed by atoms with Crippen LogP contribution in [0.3, 0.4) is 0 Å². The fourth-order valence-corrected chi connectivity index (χ4v) is 2.61. The van der Waals surface area contributed by atoms with Gasteiger partial charge in [-0.05, 0) is 18.9 Å². The minimum absolute atomic E-state index is 0.622. The number of aryl methyl sites for hydroxylation is 2. The van der Waals surface area contributed by atoms with Crippen LogP contribution in [0.1, 0.15) is 29.6 Å². The fraction of sp³-hybridized carbons (Fsp3) is 0.412. The molecule has 0 aliphatic carbocycles. The van der Waals surface area contributed by atoms with Gasteiger partial charge in [-0.15, -0.1) is 0 Å². The van der Waals surface area contributed by atoms with Crippen LogP contribution in [0.2, 0.25) is 0 Å². The largest absolute Gasteiger partial charge is 0.376 e. The Morgan fingerprint density at radius 1 is 1.14 bits per heavy atom. The van der Waals surface area contributed by atoms with Crippen molar-refractivity contribution in [2.75, 3.05) is 18.5 Å². The Balaban J connectivity index is 1.80. The van der Waals surface area contributed by atoms with Gasteiger partial charge in [-0.3, -0.25) is 0 Å². The number of anilines is 1. The highest BCUT2D eigenvalue weighted by Gasteiger charge is 2.17. The lowest BCUT2D eigenvalue weighted by atomic mass is 10.1. The maximum Gasteiger partial charge on any atom is 0.135 e. The van der Waals surface area contributed by atoms with Gasteiger partial charge in [-0.1, -0.05) is 30.3 Å². The van der Waals surface area contributed by atoms with Crippen LogP contribution in [0.15, 0.2) is 30.3 Å². The molecule has 4 heteroatoms. The molecule has 0 spiro atoms. The molecule has 4 nitrogen and oxygen atoms in total. The molecule has 0 fully saturated rings. The number of fused-ring (bicyclic) bond motifs is 1. The molecule has 0 radical (unpaired) electrons. The van der Waals surface area contributed by atoms with E-state index >= 15 is 0 Å². The van der Waals surface area contributed by atoms with E-state index in [0.717, 1.165) is 55.3 Å². The summed E-state index contributed by atoms with van der Waals surface area (Å²) in [5.41, 5.74) is 3.61. The summed E-state index contributed by atoms with van der Waals surface area (Å²) in [4.78, 5) is 9.43. The second-order valence-electron chi connectivity index (χ2n) is 5.23. The molecule has 1 aliphatic rings. The standard InChI is InChI=1S/C17H21N3O/c1-2-18-17-14-12-21-11-10-15(14)19-16(20-17)9-8-13-6-4-3-5-7-13/h3-7H,2,8-12H2,1H3,(H,18,19,20). The zero-order valence-corrected chi connectivity index (χ0v) is 12.4. The highest BCUT2D eigenvalue weighted by atomic mass is 16.5. The van der Waals surface area contributed by atoms with E-state index in [1.54, 1.807) is 0 Å². The van der Waals surface area contributed by atoms with E-state index < -0.39 is 0 Å². The number of nitrogens with one attached hydrogen (secondary N) is 1. The Morgan fingerprint density at radius 2 is 2.00 bits per heavy atom. The lowest BCUT2D eigenvalue weighted by Crippen LogP contribution is -2.18. The van der Waals surface area contributed by atoms with Crippen molar-refractivity contribution in [2.24, 2.45) is 0 Å². The summed E-state index contributed by atoms with van der Waals surface area (Å²) in [5, 5.41) is 3.34. The molecule has 0 bridgehead atoms. The first-order chi connectivity index (χ1) is 10.4. The van der Waals surface area contributed by atoms with E-state index in [1.807, 2.05) is 6.07 Å². The molecule has 21 heavy (non-hydrogen) atoms. The predicted molar refractivity (Wildman–Crippen MR) is 83.4 cm³/mol. The second kappa shape index (κ2) is 6.68. The lowest BCUT2D eigenvalue weighted by Gasteiger charge is -2.20. The highest BCUT2D eigenvalue weighted by molar-refractivity contribution is 5.47. The maximum absolute atomic E-state index is 5.53. The third kappa shape index (κ3) is 3.39. The van der Waals surface area contributed by atoms with Crippen LogP contribution >= 0.6 is 0 Å². The summed E-state index contributed by atoms with van der Waals surface area (Å²) in [5.74, 6) is 1.88. The maximum atomic E-state index is 5.53. The van der Waals surface area contributed by atoms with Crippen LogP contribution in [0.25, 0.3) is 0 Å². The van der Waals surface area contributed by atoms with Crippen molar-refractivity contribution in [1.29, 1.82) is 0 Å². The number of nitrogens with zero attached hydrogens (tertiary/aromatic N) is 2. The highest BCUT2D eigenvalue weighted by Crippen LogP contribution is 2.22. The van der Waals surface area contributed by atoms with Gasteiger partial charge < -0.3 is 10.1 Å². The predicted octanol–water partition coefficient (Wildman–Crippen LogP) is 2.77. The number of hydrogen-bond donors (Lipinski definition) is 1. The van der Waals surface area contributed by atoms with Gasteiger partial charge in [0.25, 0.3) is 0 Å². The van der Waals surface area contributed by atoms with Crippen molar-refractivity contribution < 1.29 is 4.74 Å². The fourth-order valence-electron chi connectivity index (χ4n) is 2.61. The SMILES string of the molecule is CCNc1nc(CCc2ccccc2)nc2c1COCC2. The number of benzene rings is 1. The summed E-state index contributed by atoms with van der Waals surface area (Å²) in [7, 11) is 0. The lowest BCUT2D eigenvalue weighted by molar-refractivity contribution is 0.109. The van der Waals surface area contributed by atoms with Crippen molar-refractivity contribution in [3.8, 4) is 0 Å². The van der Waals surface area contributed by atoms with Gasteiger partial charge in [0.05, 0.1) is 18.9 Å². The zero-order valence-electron chi connectivity index (χ0n) is 12.4.